The van der Waals surface area contributed by atoms with E-state index in [0.29, 0.717) is 38.2 Å². The summed E-state index contributed by atoms with van der Waals surface area (Å²) in [5.41, 5.74) is 2.25. The van der Waals surface area contributed by atoms with Crippen molar-refractivity contribution in [1.29, 1.82) is 0 Å². The van der Waals surface area contributed by atoms with E-state index >= 15 is 0 Å². The van der Waals surface area contributed by atoms with Gasteiger partial charge in [-0.1, -0.05) is 48.5 Å². The van der Waals surface area contributed by atoms with Gasteiger partial charge < -0.3 is 14.2 Å². The quantitative estimate of drug-likeness (QED) is 0.402. The van der Waals surface area contributed by atoms with E-state index in [1.165, 1.54) is 4.68 Å². The number of hydrogen-bond donors (Lipinski definition) is 0. The van der Waals surface area contributed by atoms with Gasteiger partial charge in [-0.25, -0.2) is 4.68 Å². The highest BCUT2D eigenvalue weighted by Gasteiger charge is 2.30. The van der Waals surface area contributed by atoms with E-state index in [2.05, 4.69) is 5.10 Å². The minimum absolute atomic E-state index is 0.169. The zero-order chi connectivity index (χ0) is 24.4. The van der Waals surface area contributed by atoms with Crippen molar-refractivity contribution in [1.82, 2.24) is 19.2 Å². The minimum Gasteiger partial charge on any atom is -0.466 e. The van der Waals surface area contributed by atoms with Crippen molar-refractivity contribution >= 4 is 33.7 Å². The monoisotopic (exact) mass is 472 g/mol. The number of rotatable bonds is 6. The Morgan fingerprint density at radius 2 is 1.83 bits per heavy atom. The fourth-order valence-corrected chi connectivity index (χ4v) is 4.92. The molecular formula is C27H28N4O4. The number of hydrogen-bond acceptors (Lipinski definition) is 5. The molecule has 0 radical (unpaired) electrons. The van der Waals surface area contributed by atoms with Crippen LogP contribution >= 0.6 is 0 Å². The lowest BCUT2D eigenvalue weighted by Crippen LogP contribution is -2.45. The fourth-order valence-electron chi connectivity index (χ4n) is 4.92. The van der Waals surface area contributed by atoms with Crippen LogP contribution in [0.25, 0.3) is 21.8 Å². The van der Waals surface area contributed by atoms with Crippen LogP contribution in [0.1, 0.15) is 25.3 Å². The van der Waals surface area contributed by atoms with Crippen LogP contribution in [0.15, 0.2) is 65.6 Å². The van der Waals surface area contributed by atoms with Crippen LogP contribution in [0.3, 0.4) is 0 Å². The molecule has 1 aliphatic heterocycles. The number of carbonyl (C=O) groups is 2. The summed E-state index contributed by atoms with van der Waals surface area (Å²) in [4.78, 5) is 40.5. The predicted octanol–water partition coefficient (Wildman–Crippen LogP) is 3.20. The van der Waals surface area contributed by atoms with E-state index in [4.69, 9.17) is 4.74 Å². The smallest absolute Gasteiger partial charge is 0.310 e. The van der Waals surface area contributed by atoms with E-state index in [9.17, 15) is 14.4 Å². The Balaban J connectivity index is 1.48. The van der Waals surface area contributed by atoms with Crippen molar-refractivity contribution in [2.45, 2.75) is 32.9 Å². The molecule has 2 aromatic carbocycles. The number of benzene rings is 2. The second-order valence-electron chi connectivity index (χ2n) is 8.89. The Morgan fingerprint density at radius 1 is 1.06 bits per heavy atom. The van der Waals surface area contributed by atoms with E-state index < -0.39 is 0 Å². The molecular weight excluding hydrogens is 444 g/mol. The van der Waals surface area contributed by atoms with Crippen molar-refractivity contribution in [3.63, 3.8) is 0 Å². The number of para-hydroxylation sites is 1. The Labute approximate surface area is 202 Å². The highest BCUT2D eigenvalue weighted by molar-refractivity contribution is 6.07. The van der Waals surface area contributed by atoms with E-state index in [0.717, 1.165) is 28.3 Å². The molecule has 0 saturated carbocycles. The van der Waals surface area contributed by atoms with Crippen LogP contribution in [0.5, 0.6) is 0 Å². The SMILES string of the molecule is CCOC(=O)[C@H]1CCCN(C(=O)Cn2ncc3c4ccccc4n(Cc4ccccc4)c3c2=O)C1. The van der Waals surface area contributed by atoms with Crippen molar-refractivity contribution in [2.24, 2.45) is 5.92 Å². The number of carbonyl (C=O) groups excluding carboxylic acids is 2. The van der Waals surface area contributed by atoms with E-state index in [1.54, 1.807) is 18.0 Å². The van der Waals surface area contributed by atoms with Gasteiger partial charge in [0.2, 0.25) is 5.91 Å². The second kappa shape index (κ2) is 9.74. The number of ether oxygens (including phenoxy) is 1. The third kappa shape index (κ3) is 4.43. The first-order chi connectivity index (χ1) is 17.1. The van der Waals surface area contributed by atoms with Crippen LogP contribution in [0, 0.1) is 5.92 Å². The zero-order valence-electron chi connectivity index (χ0n) is 19.7. The Bertz CT molecular complexity index is 1440. The summed E-state index contributed by atoms with van der Waals surface area (Å²) < 4.78 is 8.38. The first-order valence-electron chi connectivity index (χ1n) is 12.0. The maximum atomic E-state index is 13.6. The molecule has 0 spiro atoms. The minimum atomic E-state index is -0.326. The van der Waals surface area contributed by atoms with Gasteiger partial charge >= 0.3 is 5.97 Å². The van der Waals surface area contributed by atoms with Gasteiger partial charge in [0, 0.05) is 35.9 Å². The molecule has 5 rings (SSSR count). The van der Waals surface area contributed by atoms with Crippen molar-refractivity contribution in [3.05, 3.63) is 76.7 Å². The molecule has 1 fully saturated rings. The molecule has 1 aliphatic rings. The van der Waals surface area contributed by atoms with Crippen LogP contribution in [0.2, 0.25) is 0 Å². The first kappa shape index (κ1) is 22.8. The summed E-state index contributed by atoms with van der Waals surface area (Å²) >= 11 is 0. The van der Waals surface area contributed by atoms with Gasteiger partial charge in [0.25, 0.3) is 5.56 Å². The second-order valence-corrected chi connectivity index (χ2v) is 8.89. The van der Waals surface area contributed by atoms with Gasteiger partial charge in [0.15, 0.2) is 0 Å². The summed E-state index contributed by atoms with van der Waals surface area (Å²) in [6, 6.07) is 17.9. The predicted molar refractivity (Wildman–Crippen MR) is 133 cm³/mol. The molecule has 1 saturated heterocycles. The molecule has 35 heavy (non-hydrogen) atoms. The van der Waals surface area contributed by atoms with Gasteiger partial charge in [0.05, 0.1) is 18.7 Å². The number of amides is 1. The van der Waals surface area contributed by atoms with Gasteiger partial charge in [0.1, 0.15) is 12.1 Å². The summed E-state index contributed by atoms with van der Waals surface area (Å²) in [5, 5.41) is 6.07. The Hall–Kier alpha value is -3.94. The molecule has 8 heteroatoms. The molecule has 0 aliphatic carbocycles. The molecule has 3 heterocycles. The number of likely N-dealkylation sites (tertiary alicyclic amines) is 1. The van der Waals surface area contributed by atoms with E-state index in [-0.39, 0.29) is 29.9 Å². The first-order valence-corrected chi connectivity index (χ1v) is 12.0. The molecule has 0 bridgehead atoms. The lowest BCUT2D eigenvalue weighted by Gasteiger charge is -2.31. The van der Waals surface area contributed by atoms with Crippen LogP contribution in [0.4, 0.5) is 0 Å². The topological polar surface area (TPSA) is 86.4 Å². The number of piperidine rings is 1. The van der Waals surface area contributed by atoms with E-state index in [1.807, 2.05) is 59.2 Å². The molecule has 180 valence electrons. The summed E-state index contributed by atoms with van der Waals surface area (Å²) in [5.74, 6) is -0.820. The maximum Gasteiger partial charge on any atom is 0.310 e. The average molecular weight is 473 g/mol. The molecule has 2 aromatic heterocycles. The summed E-state index contributed by atoms with van der Waals surface area (Å²) in [7, 11) is 0. The lowest BCUT2D eigenvalue weighted by molar-refractivity contribution is -0.151. The Morgan fingerprint density at radius 3 is 2.63 bits per heavy atom. The maximum absolute atomic E-state index is 13.6. The van der Waals surface area contributed by atoms with Gasteiger partial charge in [-0.2, -0.15) is 5.10 Å². The number of aromatic nitrogens is 3. The van der Waals surface area contributed by atoms with Gasteiger partial charge in [-0.3, -0.25) is 14.4 Å². The third-order valence-electron chi connectivity index (χ3n) is 6.64. The molecule has 0 unspecified atom stereocenters. The van der Waals surface area contributed by atoms with Crippen molar-refractivity contribution in [3.8, 4) is 0 Å². The molecule has 1 atom stereocenters. The molecule has 0 N–H and O–H groups in total. The molecule has 4 aromatic rings. The summed E-state index contributed by atoms with van der Waals surface area (Å²) in [6.07, 6.45) is 3.10. The summed E-state index contributed by atoms with van der Waals surface area (Å²) in [6.45, 7) is 3.32. The molecule has 1 amide bonds. The zero-order valence-corrected chi connectivity index (χ0v) is 19.7. The van der Waals surface area contributed by atoms with Crippen molar-refractivity contribution < 1.29 is 14.3 Å². The highest BCUT2D eigenvalue weighted by atomic mass is 16.5. The van der Waals surface area contributed by atoms with Gasteiger partial charge in [-0.05, 0) is 31.4 Å². The fraction of sp³-hybridized carbons (Fsp3) is 0.333. The van der Waals surface area contributed by atoms with Gasteiger partial charge in [-0.15, -0.1) is 0 Å². The number of esters is 1. The standard InChI is InChI=1S/C27H28N4O4/c1-2-35-27(34)20-11-8-14-29(17-20)24(32)18-31-26(33)25-22(15-28-31)21-12-6-7-13-23(21)30(25)16-19-9-4-3-5-10-19/h3-7,9-10,12-13,15,20H,2,8,11,14,16-18H2,1H3/t20-/m0/s1. The number of fused-ring (bicyclic) bond motifs is 3. The largest absolute Gasteiger partial charge is 0.466 e. The molecule has 8 nitrogen and oxygen atoms in total. The van der Waals surface area contributed by atoms with Crippen LogP contribution in [-0.4, -0.2) is 50.8 Å². The van der Waals surface area contributed by atoms with Crippen molar-refractivity contribution in [2.75, 3.05) is 19.7 Å². The van der Waals surface area contributed by atoms with Crippen LogP contribution < -0.4 is 5.56 Å². The van der Waals surface area contributed by atoms with Crippen LogP contribution in [-0.2, 0) is 27.4 Å². The highest BCUT2D eigenvalue weighted by Crippen LogP contribution is 2.27. The lowest BCUT2D eigenvalue weighted by atomic mass is 9.98. The third-order valence-corrected chi connectivity index (χ3v) is 6.64. The average Bonchev–Trinajstić information content (AvgIpc) is 3.20. The normalized spacial score (nSPS) is 16.0. The Kier molecular flexibility index (Phi) is 6.35. The number of nitrogens with zero attached hydrogens (tertiary/aromatic N) is 4.